The summed E-state index contributed by atoms with van der Waals surface area (Å²) in [6.45, 7) is 12.0. The van der Waals surface area contributed by atoms with E-state index >= 15 is 0 Å². The van der Waals surface area contributed by atoms with Crippen LogP contribution in [0.3, 0.4) is 0 Å². The molecular weight excluding hydrogens is 728 g/mol. The highest BCUT2D eigenvalue weighted by molar-refractivity contribution is 7.87. The molecule has 3 aliphatic rings. The maximum atomic E-state index is 14.3. The summed E-state index contributed by atoms with van der Waals surface area (Å²) in [6, 6.07) is 4.69. The van der Waals surface area contributed by atoms with Gasteiger partial charge in [-0.15, -0.1) is 0 Å². The first-order chi connectivity index (χ1) is 25.9. The fourth-order valence-corrected chi connectivity index (χ4v) is 10.7. The molecule has 306 valence electrons. The number of alkyl carbamates (subject to hydrolysis) is 1. The number of amides is 4. The predicted molar refractivity (Wildman–Crippen MR) is 210 cm³/mol. The molecule has 55 heavy (non-hydrogen) atoms. The number of H-pyrrole nitrogens is 1. The highest BCUT2D eigenvalue weighted by Crippen LogP contribution is 2.41. The van der Waals surface area contributed by atoms with Crippen molar-refractivity contribution in [2.45, 2.75) is 142 Å². The molecule has 1 aromatic heterocycles. The number of alkyl halides is 1. The van der Waals surface area contributed by atoms with Gasteiger partial charge in [0.25, 0.3) is 5.91 Å². The first-order valence-corrected chi connectivity index (χ1v) is 21.5. The zero-order valence-electron chi connectivity index (χ0n) is 33.5. The highest BCUT2D eigenvalue weighted by Gasteiger charge is 2.47. The molecule has 0 radical (unpaired) electrons. The Balaban J connectivity index is 1.28. The van der Waals surface area contributed by atoms with Crippen molar-refractivity contribution in [1.29, 1.82) is 0 Å². The number of rotatable bonds is 12. The Morgan fingerprint density at radius 2 is 1.60 bits per heavy atom. The Labute approximate surface area is 325 Å². The van der Waals surface area contributed by atoms with Crippen molar-refractivity contribution in [3.05, 3.63) is 30.0 Å². The molecule has 3 atom stereocenters. The van der Waals surface area contributed by atoms with Crippen LogP contribution in [0.5, 0.6) is 0 Å². The van der Waals surface area contributed by atoms with Gasteiger partial charge >= 0.3 is 16.3 Å². The molecule has 0 unspecified atom stereocenters. The molecule has 0 spiro atoms. The van der Waals surface area contributed by atoms with Crippen molar-refractivity contribution in [2.24, 2.45) is 23.7 Å². The van der Waals surface area contributed by atoms with Gasteiger partial charge in [0.15, 0.2) is 0 Å². The minimum Gasteiger partial charge on any atom is -0.444 e. The monoisotopic (exact) mass is 788 g/mol. The van der Waals surface area contributed by atoms with E-state index in [2.05, 4.69) is 20.3 Å². The van der Waals surface area contributed by atoms with Gasteiger partial charge in [0.1, 0.15) is 24.0 Å². The minimum absolute atomic E-state index is 0.0269. The molecule has 4 amide bonds. The second-order valence-electron chi connectivity index (χ2n) is 17.3. The second-order valence-corrected chi connectivity index (χ2v) is 18.8. The van der Waals surface area contributed by atoms with Gasteiger partial charge in [-0.1, -0.05) is 32.1 Å². The van der Waals surface area contributed by atoms with Gasteiger partial charge in [-0.05, 0) is 123 Å². The van der Waals surface area contributed by atoms with Crippen LogP contribution >= 0.6 is 0 Å². The molecule has 2 heterocycles. The lowest BCUT2D eigenvalue weighted by Crippen LogP contribution is -2.50. The Morgan fingerprint density at radius 1 is 0.945 bits per heavy atom. The first-order valence-electron chi connectivity index (χ1n) is 20.0. The smallest absolute Gasteiger partial charge is 0.407 e. The Bertz CT molecular complexity index is 1790. The molecule has 3 fully saturated rings. The maximum absolute atomic E-state index is 14.3. The van der Waals surface area contributed by atoms with Gasteiger partial charge in [-0.2, -0.15) is 12.7 Å². The van der Waals surface area contributed by atoms with Crippen molar-refractivity contribution >= 4 is 50.6 Å². The number of aromatic amines is 1. The largest absolute Gasteiger partial charge is 0.444 e. The number of benzene rings is 1. The van der Waals surface area contributed by atoms with Gasteiger partial charge < -0.3 is 25.3 Å². The first kappa shape index (κ1) is 42.4. The summed E-state index contributed by atoms with van der Waals surface area (Å²) in [6.07, 6.45) is 7.78. The number of aromatic nitrogens is 1. The minimum atomic E-state index is -4.10. The number of ether oxygens (including phenoxy) is 1. The molecule has 1 aromatic carbocycles. The quantitative estimate of drug-likeness (QED) is 0.186. The lowest BCUT2D eigenvalue weighted by Gasteiger charge is -2.37. The van der Waals surface area contributed by atoms with E-state index in [0.717, 1.165) is 32.1 Å². The molecule has 0 bridgehead atoms. The van der Waals surface area contributed by atoms with Crippen LogP contribution in [0, 0.1) is 23.7 Å². The van der Waals surface area contributed by atoms with Gasteiger partial charge in [0.05, 0.1) is 6.04 Å². The summed E-state index contributed by atoms with van der Waals surface area (Å²) in [7, 11) is -4.10. The fraction of sp³-hybridized carbons (Fsp3) is 0.700. The number of likely N-dealkylation sites (tertiary alicyclic amines) is 1. The van der Waals surface area contributed by atoms with Crippen molar-refractivity contribution < 1.29 is 36.7 Å². The number of carbonyl (C=O) groups excluding carboxylic acids is 4. The summed E-state index contributed by atoms with van der Waals surface area (Å²) >= 11 is 0. The normalized spacial score (nSPS) is 23.3. The van der Waals surface area contributed by atoms with Crippen LogP contribution in [0.4, 0.5) is 14.9 Å². The number of nitrogens with zero attached hydrogens (tertiary/aromatic N) is 2. The maximum Gasteiger partial charge on any atom is 0.407 e. The van der Waals surface area contributed by atoms with E-state index in [9.17, 15) is 32.0 Å². The number of carbonyl (C=O) groups is 4. The third-order valence-electron chi connectivity index (χ3n) is 11.5. The lowest BCUT2D eigenvalue weighted by molar-refractivity contribution is -0.142. The van der Waals surface area contributed by atoms with Gasteiger partial charge in [0, 0.05) is 41.1 Å². The average molecular weight is 789 g/mol. The summed E-state index contributed by atoms with van der Waals surface area (Å²) in [5.74, 6) is -1.14. The van der Waals surface area contributed by atoms with E-state index in [1.54, 1.807) is 77.6 Å². The molecule has 13 nitrogen and oxygen atoms in total. The van der Waals surface area contributed by atoms with Crippen LogP contribution < -0.4 is 15.4 Å². The molecule has 2 aromatic rings. The SMILES string of the molecule is CC(C)N(C(C)C)S(=O)(=O)NC(=O)c1cc2cc(NC(=O)[C@@H]3[C@H](C4CCCCC4)CCN3C(=O)[C@H]3CC[C@H]([C@@H](CF)NC(=O)OC(C)(C)C)CC3)ccc2[nH]1. The van der Waals surface area contributed by atoms with Crippen molar-refractivity contribution in [1.82, 2.24) is 24.2 Å². The zero-order chi connectivity index (χ0) is 40.2. The van der Waals surface area contributed by atoms with Crippen LogP contribution in [-0.4, -0.2) is 89.4 Å². The van der Waals surface area contributed by atoms with Gasteiger partial charge in [-0.3, -0.25) is 14.4 Å². The third-order valence-corrected chi connectivity index (χ3v) is 13.3. The number of anilines is 1. The Hall–Kier alpha value is -3.72. The zero-order valence-corrected chi connectivity index (χ0v) is 34.3. The van der Waals surface area contributed by atoms with E-state index in [4.69, 9.17) is 4.74 Å². The summed E-state index contributed by atoms with van der Waals surface area (Å²) in [5.41, 5.74) is 0.455. The molecule has 15 heteroatoms. The second kappa shape index (κ2) is 17.6. The van der Waals surface area contributed by atoms with E-state index in [1.807, 2.05) is 0 Å². The standard InChI is InChI=1S/C40H61FN6O7S/c1-24(2)47(25(3)4)55(52,53)45-36(48)33-22-29-21-30(17-18-32(29)43-33)42-37(49)35-31(26-11-9-8-10-12-26)19-20-46(35)38(50)28-15-13-27(14-16-28)34(23-41)44-39(51)54-40(5,6)7/h17-18,21-22,24-28,31,34-35,43H,8-16,19-20,23H2,1-7H3,(H,42,49)(H,44,51)(H,45,48)/t27-,28-,31-,34+,35-/m0/s1. The van der Waals surface area contributed by atoms with Crippen molar-refractivity contribution in [3.63, 3.8) is 0 Å². The summed E-state index contributed by atoms with van der Waals surface area (Å²) in [5, 5.41) is 6.36. The van der Waals surface area contributed by atoms with E-state index in [-0.39, 0.29) is 47.3 Å². The molecule has 5 rings (SSSR count). The summed E-state index contributed by atoms with van der Waals surface area (Å²) in [4.78, 5) is 58.7. The fourth-order valence-electron chi connectivity index (χ4n) is 9.12. The van der Waals surface area contributed by atoms with Gasteiger partial charge in [-0.25, -0.2) is 13.9 Å². The molecule has 1 aliphatic heterocycles. The Kier molecular flexibility index (Phi) is 13.6. The average Bonchev–Trinajstić information content (AvgIpc) is 3.74. The van der Waals surface area contributed by atoms with E-state index in [1.165, 1.54) is 10.7 Å². The third kappa shape index (κ3) is 10.4. The molecule has 2 aliphatic carbocycles. The number of hydrogen-bond acceptors (Lipinski definition) is 7. The predicted octanol–water partition coefficient (Wildman–Crippen LogP) is 6.67. The molecule has 2 saturated carbocycles. The highest BCUT2D eigenvalue weighted by atomic mass is 32.2. The lowest BCUT2D eigenvalue weighted by atomic mass is 9.76. The summed E-state index contributed by atoms with van der Waals surface area (Å²) < 4.78 is 48.9. The number of halogens is 1. The van der Waals surface area contributed by atoms with E-state index < -0.39 is 46.6 Å². The Morgan fingerprint density at radius 3 is 2.20 bits per heavy atom. The van der Waals surface area contributed by atoms with Crippen LogP contribution in [-0.2, 0) is 24.5 Å². The van der Waals surface area contributed by atoms with Crippen LogP contribution in [0.15, 0.2) is 24.3 Å². The molecule has 4 N–H and O–H groups in total. The van der Waals surface area contributed by atoms with Crippen LogP contribution in [0.1, 0.15) is 123 Å². The van der Waals surface area contributed by atoms with Gasteiger partial charge in [0.2, 0.25) is 11.8 Å². The molecular formula is C40H61FN6O7S. The topological polar surface area (TPSA) is 170 Å². The van der Waals surface area contributed by atoms with Crippen molar-refractivity contribution in [3.8, 4) is 0 Å². The van der Waals surface area contributed by atoms with Crippen molar-refractivity contribution in [2.75, 3.05) is 18.5 Å². The molecule has 1 saturated heterocycles. The van der Waals surface area contributed by atoms with Crippen LogP contribution in [0.2, 0.25) is 0 Å². The van der Waals surface area contributed by atoms with E-state index in [0.29, 0.717) is 54.7 Å². The van der Waals surface area contributed by atoms with Crippen LogP contribution in [0.25, 0.3) is 10.9 Å². The number of nitrogens with one attached hydrogen (secondary N) is 4. The number of fused-ring (bicyclic) bond motifs is 1. The number of hydrogen-bond donors (Lipinski definition) is 4.